The molecule has 1 atom stereocenters. The van der Waals surface area contributed by atoms with Crippen LogP contribution in [0.2, 0.25) is 0 Å². The summed E-state index contributed by atoms with van der Waals surface area (Å²) >= 11 is 1.56. The molecule has 2 rings (SSSR count). The van der Waals surface area contributed by atoms with Crippen LogP contribution in [0.5, 0.6) is 0 Å². The third kappa shape index (κ3) is 1.39. The van der Waals surface area contributed by atoms with Gasteiger partial charge in [-0.2, -0.15) is 0 Å². The van der Waals surface area contributed by atoms with E-state index in [1.54, 1.807) is 16.8 Å². The maximum atomic E-state index is 10.8. The molecule has 5 heteroatoms. The Bertz CT molecular complexity index is 288. The van der Waals surface area contributed by atoms with Gasteiger partial charge in [0.15, 0.2) is 6.29 Å². The lowest BCUT2D eigenvalue weighted by Gasteiger charge is -2.18. The first-order chi connectivity index (χ1) is 6.36. The molecule has 1 unspecified atom stereocenters. The summed E-state index contributed by atoms with van der Waals surface area (Å²) in [6, 6.07) is 0.136. The first-order valence-electron chi connectivity index (χ1n) is 4.04. The van der Waals surface area contributed by atoms with Crippen LogP contribution in [0.25, 0.3) is 0 Å². The number of β-amino-alcohol motifs (C(OH)–C–C–N with tert-alkyl or cyclic N) is 1. The number of thioether (sulfide) groups is 1. The van der Waals surface area contributed by atoms with Gasteiger partial charge >= 0.3 is 0 Å². The molecule has 0 aromatic heterocycles. The number of carbonyl (C=O) groups is 1. The lowest BCUT2D eigenvalue weighted by Crippen LogP contribution is -2.38. The van der Waals surface area contributed by atoms with E-state index in [0.29, 0.717) is 12.2 Å². The highest BCUT2D eigenvalue weighted by molar-refractivity contribution is 8.06. The minimum Gasteiger partial charge on any atom is -0.394 e. The fourth-order valence-corrected chi connectivity index (χ4v) is 2.39. The predicted molar refractivity (Wildman–Crippen MR) is 50.5 cm³/mol. The van der Waals surface area contributed by atoms with Gasteiger partial charge in [0.1, 0.15) is 5.70 Å². The molecule has 70 valence electrons. The van der Waals surface area contributed by atoms with E-state index in [1.807, 2.05) is 11.5 Å². The van der Waals surface area contributed by atoms with Crippen LogP contribution < -0.4 is 5.43 Å². The summed E-state index contributed by atoms with van der Waals surface area (Å²) in [7, 11) is 0. The lowest BCUT2D eigenvalue weighted by molar-refractivity contribution is -0.106. The quantitative estimate of drug-likeness (QED) is 0.617. The van der Waals surface area contributed by atoms with Gasteiger partial charge in [-0.05, 0) is 5.41 Å². The molecule has 0 bridgehead atoms. The van der Waals surface area contributed by atoms with E-state index >= 15 is 0 Å². The summed E-state index contributed by atoms with van der Waals surface area (Å²) < 4.78 is 0. The summed E-state index contributed by atoms with van der Waals surface area (Å²) in [6.45, 7) is 0.487. The van der Waals surface area contributed by atoms with Gasteiger partial charge in [0.25, 0.3) is 0 Å². The van der Waals surface area contributed by atoms with Crippen LogP contribution in [-0.4, -0.2) is 35.6 Å². The number of nitrogens with one attached hydrogen (secondary N) is 1. The van der Waals surface area contributed by atoms with E-state index in [1.165, 1.54) is 0 Å². The van der Waals surface area contributed by atoms with Crippen LogP contribution in [0, 0.1) is 0 Å². The Labute approximate surface area is 80.3 Å². The lowest BCUT2D eigenvalue weighted by atomic mass is 10.3. The van der Waals surface area contributed by atoms with Gasteiger partial charge in [-0.15, -0.1) is 0 Å². The fraction of sp³-hybridized carbons (Fsp3) is 0.375. The van der Waals surface area contributed by atoms with Crippen molar-refractivity contribution in [1.82, 2.24) is 10.4 Å². The average molecular weight is 198 g/mol. The Hall–Kier alpha value is -0.780. The van der Waals surface area contributed by atoms with Gasteiger partial charge in [0, 0.05) is 4.91 Å². The van der Waals surface area contributed by atoms with Gasteiger partial charge in [0.2, 0.25) is 0 Å². The Morgan fingerprint density at radius 2 is 2.62 bits per heavy atom. The number of aliphatic hydroxyl groups excluding tert-OH is 1. The molecule has 4 nitrogen and oxygen atoms in total. The molecule has 0 saturated heterocycles. The van der Waals surface area contributed by atoms with Gasteiger partial charge in [-0.25, -0.2) is 5.43 Å². The zero-order chi connectivity index (χ0) is 9.26. The van der Waals surface area contributed by atoms with E-state index in [9.17, 15) is 4.79 Å². The number of hydrogen-bond acceptors (Lipinski definition) is 5. The van der Waals surface area contributed by atoms with Crippen molar-refractivity contribution in [2.75, 3.05) is 13.2 Å². The molecule has 2 aliphatic rings. The summed E-state index contributed by atoms with van der Waals surface area (Å²) in [5.74, 6) is 0. The van der Waals surface area contributed by atoms with Gasteiger partial charge < -0.3 is 10.1 Å². The van der Waals surface area contributed by atoms with Crippen molar-refractivity contribution in [2.24, 2.45) is 0 Å². The minimum atomic E-state index is 0.0404. The standard InChI is InChI=1S/C8H10N2O2S/c11-3-2-10-7(5-12)8-6(9-10)1-4-13-8/h1,4-6,9,11H,2-3H2. The Balaban J connectivity index is 2.20. The van der Waals surface area contributed by atoms with E-state index in [4.69, 9.17) is 5.11 Å². The highest BCUT2D eigenvalue weighted by Gasteiger charge is 2.31. The molecule has 0 spiro atoms. The molecule has 2 aliphatic heterocycles. The smallest absolute Gasteiger partial charge is 0.168 e. The van der Waals surface area contributed by atoms with Crippen LogP contribution in [0.3, 0.4) is 0 Å². The highest BCUT2D eigenvalue weighted by atomic mass is 32.2. The molecule has 0 radical (unpaired) electrons. The van der Waals surface area contributed by atoms with E-state index in [2.05, 4.69) is 5.43 Å². The third-order valence-electron chi connectivity index (χ3n) is 2.02. The summed E-state index contributed by atoms with van der Waals surface area (Å²) in [5, 5.41) is 12.4. The molecule has 2 N–H and O–H groups in total. The Morgan fingerprint density at radius 3 is 3.31 bits per heavy atom. The zero-order valence-electron chi connectivity index (χ0n) is 6.93. The molecule has 0 aliphatic carbocycles. The highest BCUT2D eigenvalue weighted by Crippen LogP contribution is 2.35. The molecule has 13 heavy (non-hydrogen) atoms. The second-order valence-electron chi connectivity index (χ2n) is 2.80. The van der Waals surface area contributed by atoms with Crippen molar-refractivity contribution in [3.05, 3.63) is 22.1 Å². The fourth-order valence-electron chi connectivity index (χ4n) is 1.45. The second-order valence-corrected chi connectivity index (χ2v) is 3.74. The van der Waals surface area contributed by atoms with Crippen molar-refractivity contribution in [1.29, 1.82) is 0 Å². The van der Waals surface area contributed by atoms with E-state index < -0.39 is 0 Å². The summed E-state index contributed by atoms with van der Waals surface area (Å²) in [6.07, 6.45) is 2.83. The molecule has 0 fully saturated rings. The normalized spacial score (nSPS) is 25.6. The van der Waals surface area contributed by atoms with Crippen LogP contribution in [-0.2, 0) is 4.79 Å². The average Bonchev–Trinajstić information content (AvgIpc) is 2.64. The number of aldehydes is 1. The zero-order valence-corrected chi connectivity index (χ0v) is 7.75. The SMILES string of the molecule is O=CC1=C2SC=CC2NN1CCO. The van der Waals surface area contributed by atoms with E-state index in [-0.39, 0.29) is 12.6 Å². The van der Waals surface area contributed by atoms with Crippen LogP contribution >= 0.6 is 11.8 Å². The van der Waals surface area contributed by atoms with Gasteiger partial charge in [-0.3, -0.25) is 4.79 Å². The summed E-state index contributed by atoms with van der Waals surface area (Å²) in [5.41, 5.74) is 3.76. The third-order valence-corrected chi connectivity index (χ3v) is 3.03. The number of fused-ring (bicyclic) bond motifs is 1. The Morgan fingerprint density at radius 1 is 1.77 bits per heavy atom. The maximum Gasteiger partial charge on any atom is 0.168 e. The molecule has 0 aromatic rings. The number of nitrogens with zero attached hydrogens (tertiary/aromatic N) is 1. The van der Waals surface area contributed by atoms with Crippen molar-refractivity contribution < 1.29 is 9.90 Å². The number of hydrogen-bond donors (Lipinski definition) is 2. The first-order valence-corrected chi connectivity index (χ1v) is 4.92. The molecular weight excluding hydrogens is 188 g/mol. The van der Waals surface area contributed by atoms with Crippen LogP contribution in [0.1, 0.15) is 0 Å². The molecule has 0 saturated carbocycles. The second kappa shape index (κ2) is 3.53. The van der Waals surface area contributed by atoms with Crippen molar-refractivity contribution in [3.63, 3.8) is 0 Å². The minimum absolute atomic E-state index is 0.0404. The van der Waals surface area contributed by atoms with Crippen LogP contribution in [0.15, 0.2) is 22.1 Å². The number of aliphatic hydroxyl groups is 1. The molecule has 0 aromatic carbocycles. The molecule has 0 amide bonds. The first kappa shape index (κ1) is 8.80. The maximum absolute atomic E-state index is 10.8. The van der Waals surface area contributed by atoms with Gasteiger partial charge in [-0.1, -0.05) is 17.8 Å². The summed E-state index contributed by atoms with van der Waals surface area (Å²) in [4.78, 5) is 11.8. The Kier molecular flexibility index (Phi) is 2.39. The topological polar surface area (TPSA) is 52.6 Å². The van der Waals surface area contributed by atoms with Crippen molar-refractivity contribution in [3.8, 4) is 0 Å². The predicted octanol–water partition coefficient (Wildman–Crippen LogP) is -0.162. The van der Waals surface area contributed by atoms with Crippen molar-refractivity contribution in [2.45, 2.75) is 6.04 Å². The monoisotopic (exact) mass is 198 g/mol. The van der Waals surface area contributed by atoms with E-state index in [0.717, 1.165) is 11.2 Å². The van der Waals surface area contributed by atoms with Gasteiger partial charge in [0.05, 0.1) is 19.2 Å². The number of carbonyl (C=O) groups excluding carboxylic acids is 1. The molecular formula is C8H10N2O2S. The number of rotatable bonds is 3. The van der Waals surface area contributed by atoms with Crippen molar-refractivity contribution >= 4 is 18.0 Å². The molecule has 2 heterocycles. The number of allylic oxidation sites excluding steroid dienone is 1. The number of hydrazine groups is 1. The van der Waals surface area contributed by atoms with Crippen LogP contribution in [0.4, 0.5) is 0 Å². The largest absolute Gasteiger partial charge is 0.394 e.